The van der Waals surface area contributed by atoms with Gasteiger partial charge in [-0.05, 0) is 19.3 Å². The van der Waals surface area contributed by atoms with E-state index >= 15 is 0 Å². The predicted molar refractivity (Wildman–Crippen MR) is 121 cm³/mol. The number of carboxylic acid groups (broad SMARTS) is 1. The maximum atomic E-state index is 11.9. The number of ether oxygens (including phenoxy) is 1. The molecule has 0 aliphatic rings. The minimum Gasteiger partial charge on any atom is -0.481 e. The molecule has 168 valence electrons. The van der Waals surface area contributed by atoms with E-state index < -0.39 is 17.9 Å². The van der Waals surface area contributed by atoms with Crippen molar-refractivity contribution in [2.75, 3.05) is 6.61 Å². The highest BCUT2D eigenvalue weighted by atomic mass is 16.5. The van der Waals surface area contributed by atoms with Gasteiger partial charge in [0.15, 0.2) is 0 Å². The molecule has 0 amide bonds. The summed E-state index contributed by atoms with van der Waals surface area (Å²) in [5, 5.41) is 8.94. The first-order valence-electron chi connectivity index (χ1n) is 11.8. The number of carbonyl (C=O) groups excluding carboxylic acids is 1. The second-order valence-electron chi connectivity index (χ2n) is 7.95. The minimum absolute atomic E-state index is 0.123. The van der Waals surface area contributed by atoms with E-state index in [0.29, 0.717) is 6.42 Å². The highest BCUT2D eigenvalue weighted by Gasteiger charge is 2.21. The molecule has 1 unspecified atom stereocenters. The summed E-state index contributed by atoms with van der Waals surface area (Å²) in [5.74, 6) is -2.05. The van der Waals surface area contributed by atoms with Gasteiger partial charge < -0.3 is 9.84 Å². The van der Waals surface area contributed by atoms with Crippen molar-refractivity contribution in [3.05, 3.63) is 24.8 Å². The Morgan fingerprint density at radius 3 is 1.86 bits per heavy atom. The van der Waals surface area contributed by atoms with Crippen LogP contribution in [-0.4, -0.2) is 23.7 Å². The Morgan fingerprint density at radius 2 is 1.38 bits per heavy atom. The van der Waals surface area contributed by atoms with Crippen LogP contribution in [0.2, 0.25) is 0 Å². The lowest BCUT2D eigenvalue weighted by molar-refractivity contribution is -0.152. The van der Waals surface area contributed by atoms with Crippen LogP contribution in [0, 0.1) is 5.92 Å². The third-order valence-electron chi connectivity index (χ3n) is 5.16. The molecule has 0 aromatic heterocycles. The van der Waals surface area contributed by atoms with Crippen LogP contribution in [0.25, 0.3) is 0 Å². The van der Waals surface area contributed by atoms with E-state index in [2.05, 4.69) is 19.6 Å². The van der Waals surface area contributed by atoms with Crippen LogP contribution < -0.4 is 0 Å². The molecule has 1 atom stereocenters. The van der Waals surface area contributed by atoms with Crippen LogP contribution >= 0.6 is 0 Å². The molecule has 0 spiro atoms. The van der Waals surface area contributed by atoms with E-state index in [1.54, 1.807) is 0 Å². The van der Waals surface area contributed by atoms with Crippen molar-refractivity contribution in [1.82, 2.24) is 0 Å². The highest BCUT2D eigenvalue weighted by molar-refractivity contribution is 5.79. The molecule has 29 heavy (non-hydrogen) atoms. The number of esters is 1. The topological polar surface area (TPSA) is 63.6 Å². The average Bonchev–Trinajstić information content (AvgIpc) is 2.70. The monoisotopic (exact) mass is 408 g/mol. The van der Waals surface area contributed by atoms with Crippen molar-refractivity contribution in [1.29, 1.82) is 0 Å². The van der Waals surface area contributed by atoms with E-state index in [-0.39, 0.29) is 13.0 Å². The molecule has 0 saturated carbocycles. The maximum Gasteiger partial charge on any atom is 0.310 e. The third kappa shape index (κ3) is 19.5. The van der Waals surface area contributed by atoms with Crippen molar-refractivity contribution in [2.24, 2.45) is 5.92 Å². The van der Waals surface area contributed by atoms with Crippen LogP contribution in [-0.2, 0) is 14.3 Å². The molecule has 0 aromatic rings. The first kappa shape index (κ1) is 27.4. The summed E-state index contributed by atoms with van der Waals surface area (Å²) in [4.78, 5) is 22.8. The molecule has 0 aromatic carbocycles. The van der Waals surface area contributed by atoms with E-state index in [1.807, 2.05) is 6.08 Å². The first-order valence-corrected chi connectivity index (χ1v) is 11.8. The zero-order valence-corrected chi connectivity index (χ0v) is 18.7. The van der Waals surface area contributed by atoms with Crippen LogP contribution in [0.4, 0.5) is 0 Å². The molecule has 0 aliphatic carbocycles. The van der Waals surface area contributed by atoms with E-state index in [1.165, 1.54) is 83.1 Å². The van der Waals surface area contributed by atoms with Gasteiger partial charge in [0, 0.05) is 0 Å². The van der Waals surface area contributed by atoms with Gasteiger partial charge in [0.05, 0.1) is 12.3 Å². The molecule has 0 saturated heterocycles. The van der Waals surface area contributed by atoms with Crippen LogP contribution in [0.5, 0.6) is 0 Å². The van der Waals surface area contributed by atoms with Crippen LogP contribution in [0.3, 0.4) is 0 Å². The molecular weight excluding hydrogens is 364 g/mol. The van der Waals surface area contributed by atoms with Crippen molar-refractivity contribution in [3.63, 3.8) is 0 Å². The lowest BCUT2D eigenvalue weighted by Gasteiger charge is -2.11. The molecule has 0 heterocycles. The van der Waals surface area contributed by atoms with Crippen molar-refractivity contribution in [2.45, 2.75) is 110 Å². The average molecular weight is 409 g/mol. The number of unbranched alkanes of at least 4 members (excludes halogenated alkanes) is 13. The van der Waals surface area contributed by atoms with Crippen LogP contribution in [0.1, 0.15) is 110 Å². The highest BCUT2D eigenvalue weighted by Crippen LogP contribution is 2.15. The largest absolute Gasteiger partial charge is 0.481 e. The zero-order chi connectivity index (χ0) is 21.6. The lowest BCUT2D eigenvalue weighted by Crippen LogP contribution is -2.20. The van der Waals surface area contributed by atoms with Gasteiger partial charge in [0.1, 0.15) is 6.61 Å². The van der Waals surface area contributed by atoms with Gasteiger partial charge in [0.2, 0.25) is 0 Å². The van der Waals surface area contributed by atoms with Gasteiger partial charge in [-0.15, -0.1) is 0 Å². The molecule has 4 heteroatoms. The molecule has 0 radical (unpaired) electrons. The lowest BCUT2D eigenvalue weighted by atomic mass is 10.0. The van der Waals surface area contributed by atoms with E-state index in [9.17, 15) is 9.59 Å². The fourth-order valence-electron chi connectivity index (χ4n) is 3.39. The Kier molecular flexibility index (Phi) is 20.0. The number of hydrogen-bond acceptors (Lipinski definition) is 3. The molecule has 4 nitrogen and oxygen atoms in total. The SMILES string of the molecule is C=CCOC(=O)C(C/C=C/CCCCCCCCCCCCCCC)CC(=O)O. The van der Waals surface area contributed by atoms with Gasteiger partial charge >= 0.3 is 11.9 Å². The molecule has 0 aliphatic heterocycles. The number of hydrogen-bond donors (Lipinski definition) is 1. The van der Waals surface area contributed by atoms with Crippen molar-refractivity contribution < 1.29 is 19.4 Å². The first-order chi connectivity index (χ1) is 14.1. The number of carboxylic acids is 1. The Balaban J connectivity index is 3.60. The number of carbonyl (C=O) groups is 2. The Labute approximate surface area is 178 Å². The zero-order valence-electron chi connectivity index (χ0n) is 18.7. The summed E-state index contributed by atoms with van der Waals surface area (Å²) in [6.07, 6.45) is 24.2. The predicted octanol–water partition coefficient (Wildman–Crippen LogP) is 7.23. The maximum absolute atomic E-state index is 11.9. The van der Waals surface area contributed by atoms with Gasteiger partial charge in [-0.3, -0.25) is 9.59 Å². The van der Waals surface area contributed by atoms with Gasteiger partial charge in [-0.2, -0.15) is 0 Å². The van der Waals surface area contributed by atoms with Gasteiger partial charge in [-0.25, -0.2) is 0 Å². The molecule has 1 N–H and O–H groups in total. The van der Waals surface area contributed by atoms with Crippen molar-refractivity contribution in [3.8, 4) is 0 Å². The van der Waals surface area contributed by atoms with Gasteiger partial charge in [-0.1, -0.05) is 109 Å². The smallest absolute Gasteiger partial charge is 0.310 e. The molecule has 0 rings (SSSR count). The quantitative estimate of drug-likeness (QED) is 0.124. The minimum atomic E-state index is -0.976. The summed E-state index contributed by atoms with van der Waals surface area (Å²) >= 11 is 0. The normalized spacial score (nSPS) is 12.2. The summed E-state index contributed by atoms with van der Waals surface area (Å²) in [6, 6.07) is 0. The third-order valence-corrected chi connectivity index (χ3v) is 5.16. The van der Waals surface area contributed by atoms with E-state index in [4.69, 9.17) is 9.84 Å². The number of allylic oxidation sites excluding steroid dienone is 2. The van der Waals surface area contributed by atoms with Crippen LogP contribution in [0.15, 0.2) is 24.8 Å². The Hall–Kier alpha value is -1.58. The fourth-order valence-corrected chi connectivity index (χ4v) is 3.39. The fraction of sp³-hybridized carbons (Fsp3) is 0.760. The summed E-state index contributed by atoms with van der Waals surface area (Å²) in [7, 11) is 0. The van der Waals surface area contributed by atoms with E-state index in [0.717, 1.165) is 12.8 Å². The van der Waals surface area contributed by atoms with Crippen molar-refractivity contribution >= 4 is 11.9 Å². The standard InChI is InChI=1S/C25H44O4/c1-3-5-6-7-8-9-10-11-12-13-14-15-16-17-18-19-20-23(22-24(26)27)25(28)29-21-4-2/h4,18-19,23H,2-3,5-17,20-22H2,1H3,(H,26,27)/b19-18+. The summed E-state index contributed by atoms with van der Waals surface area (Å²) in [6.45, 7) is 5.88. The second-order valence-corrected chi connectivity index (χ2v) is 7.95. The Morgan fingerprint density at radius 1 is 0.862 bits per heavy atom. The second kappa shape index (κ2) is 21.1. The van der Waals surface area contributed by atoms with Gasteiger partial charge in [0.25, 0.3) is 0 Å². The summed E-state index contributed by atoms with van der Waals surface area (Å²) in [5.41, 5.74) is 0. The number of aliphatic carboxylic acids is 1. The molecule has 0 fully saturated rings. The molecule has 0 bridgehead atoms. The number of rotatable bonds is 21. The summed E-state index contributed by atoms with van der Waals surface area (Å²) < 4.78 is 4.98. The molecular formula is C25H44O4. The Bertz CT molecular complexity index is 442.